The normalized spacial score (nSPS) is 11.0. The lowest BCUT2D eigenvalue weighted by molar-refractivity contribution is 0.0894. The molecule has 0 atom stereocenters. The first-order valence-electron chi connectivity index (χ1n) is 13.3. The SMILES string of the molecule is CCCCc1cc(CCCC)cc(C(=O)CC(=O)c2cc(CCCC)cc(CCCC)c2)c1. The van der Waals surface area contributed by atoms with Crippen LogP contribution in [-0.2, 0) is 25.7 Å². The Hall–Kier alpha value is -2.22. The van der Waals surface area contributed by atoms with E-state index >= 15 is 0 Å². The van der Waals surface area contributed by atoms with Gasteiger partial charge >= 0.3 is 0 Å². The van der Waals surface area contributed by atoms with Crippen LogP contribution < -0.4 is 0 Å². The second-order valence-corrected chi connectivity index (χ2v) is 9.51. The van der Waals surface area contributed by atoms with E-state index in [1.54, 1.807) is 0 Å². The Morgan fingerprint density at radius 1 is 0.485 bits per heavy atom. The van der Waals surface area contributed by atoms with Crippen LogP contribution in [0.15, 0.2) is 36.4 Å². The van der Waals surface area contributed by atoms with E-state index in [1.165, 1.54) is 22.3 Å². The minimum absolute atomic E-state index is 0.0467. The van der Waals surface area contributed by atoms with Gasteiger partial charge in [-0.15, -0.1) is 0 Å². The Morgan fingerprint density at radius 3 is 1.00 bits per heavy atom. The lowest BCUT2D eigenvalue weighted by Gasteiger charge is -2.11. The van der Waals surface area contributed by atoms with Crippen molar-refractivity contribution in [3.05, 3.63) is 69.8 Å². The topological polar surface area (TPSA) is 34.1 Å². The fraction of sp³-hybridized carbons (Fsp3) is 0.548. The number of hydrogen-bond acceptors (Lipinski definition) is 2. The summed E-state index contributed by atoms with van der Waals surface area (Å²) in [5.74, 6) is -0.102. The minimum Gasteiger partial charge on any atom is -0.294 e. The maximum Gasteiger partial charge on any atom is 0.170 e. The summed E-state index contributed by atoms with van der Waals surface area (Å²) in [5, 5.41) is 0. The molecule has 0 spiro atoms. The third kappa shape index (κ3) is 9.27. The molecule has 2 aromatic rings. The average molecular weight is 449 g/mol. The average Bonchev–Trinajstić information content (AvgIpc) is 2.83. The first-order chi connectivity index (χ1) is 16.0. The van der Waals surface area contributed by atoms with E-state index in [0.717, 1.165) is 77.0 Å². The molecular formula is C31H44O2. The van der Waals surface area contributed by atoms with Crippen molar-refractivity contribution in [2.24, 2.45) is 0 Å². The zero-order chi connectivity index (χ0) is 24.1. The van der Waals surface area contributed by atoms with E-state index < -0.39 is 0 Å². The van der Waals surface area contributed by atoms with Gasteiger partial charge in [0.2, 0.25) is 0 Å². The molecule has 33 heavy (non-hydrogen) atoms. The van der Waals surface area contributed by atoms with Crippen molar-refractivity contribution in [1.82, 2.24) is 0 Å². The van der Waals surface area contributed by atoms with Crippen molar-refractivity contribution in [2.45, 2.75) is 111 Å². The lowest BCUT2D eigenvalue weighted by Crippen LogP contribution is -2.11. The Labute approximate surface area is 202 Å². The summed E-state index contributed by atoms with van der Waals surface area (Å²) >= 11 is 0. The lowest BCUT2D eigenvalue weighted by atomic mass is 9.93. The molecule has 0 unspecified atom stereocenters. The molecule has 0 fully saturated rings. The maximum absolute atomic E-state index is 13.2. The fourth-order valence-electron chi connectivity index (χ4n) is 4.30. The van der Waals surface area contributed by atoms with Crippen LogP contribution in [0.1, 0.15) is 128 Å². The number of rotatable bonds is 16. The zero-order valence-electron chi connectivity index (χ0n) is 21.5. The summed E-state index contributed by atoms with van der Waals surface area (Å²) in [7, 11) is 0. The molecule has 2 heteroatoms. The number of unbranched alkanes of at least 4 members (excludes halogenated alkanes) is 4. The van der Waals surface area contributed by atoms with Crippen LogP contribution in [0.2, 0.25) is 0 Å². The number of hydrogen-bond donors (Lipinski definition) is 0. The molecule has 0 radical (unpaired) electrons. The third-order valence-electron chi connectivity index (χ3n) is 6.35. The van der Waals surface area contributed by atoms with Gasteiger partial charge in [-0.3, -0.25) is 9.59 Å². The Bertz CT molecular complexity index is 768. The van der Waals surface area contributed by atoms with Gasteiger partial charge in [-0.1, -0.05) is 65.5 Å². The summed E-state index contributed by atoms with van der Waals surface area (Å²) in [6.45, 7) is 8.76. The van der Waals surface area contributed by atoms with Crippen molar-refractivity contribution in [2.75, 3.05) is 0 Å². The maximum atomic E-state index is 13.2. The second-order valence-electron chi connectivity index (χ2n) is 9.51. The Kier molecular flexibility index (Phi) is 12.1. The van der Waals surface area contributed by atoms with Gasteiger partial charge in [0.25, 0.3) is 0 Å². The zero-order valence-corrected chi connectivity index (χ0v) is 21.5. The number of Topliss-reactive ketones (excluding diaryl/α,β-unsaturated/α-hetero) is 2. The van der Waals surface area contributed by atoms with E-state index in [4.69, 9.17) is 0 Å². The summed E-state index contributed by atoms with van der Waals surface area (Å²) in [6, 6.07) is 12.6. The number of carbonyl (C=O) groups is 2. The van der Waals surface area contributed by atoms with Crippen LogP contribution in [0, 0.1) is 0 Å². The highest BCUT2D eigenvalue weighted by Gasteiger charge is 2.16. The van der Waals surface area contributed by atoms with Crippen molar-refractivity contribution < 1.29 is 9.59 Å². The first-order valence-corrected chi connectivity index (χ1v) is 13.3. The smallest absolute Gasteiger partial charge is 0.170 e. The highest BCUT2D eigenvalue weighted by atomic mass is 16.1. The van der Waals surface area contributed by atoms with Crippen LogP contribution in [0.25, 0.3) is 0 Å². The van der Waals surface area contributed by atoms with Crippen LogP contribution in [-0.4, -0.2) is 11.6 Å². The molecule has 180 valence electrons. The predicted octanol–water partition coefficient (Wildman–Crippen LogP) is 8.51. The predicted molar refractivity (Wildman–Crippen MR) is 141 cm³/mol. The molecule has 0 aliphatic rings. The van der Waals surface area contributed by atoms with E-state index in [9.17, 15) is 9.59 Å². The summed E-state index contributed by atoms with van der Waals surface area (Å²) in [5.41, 5.74) is 6.32. The van der Waals surface area contributed by atoms with E-state index in [-0.39, 0.29) is 18.0 Å². The van der Waals surface area contributed by atoms with E-state index in [1.807, 2.05) is 24.3 Å². The molecular weight excluding hydrogens is 404 g/mol. The molecule has 2 rings (SSSR count). The number of benzene rings is 2. The largest absolute Gasteiger partial charge is 0.294 e. The molecule has 0 bridgehead atoms. The third-order valence-corrected chi connectivity index (χ3v) is 6.35. The molecule has 0 aromatic heterocycles. The standard InChI is InChI=1S/C31H44O2/c1-5-9-13-24-17-25(14-10-6-2)20-28(19-24)30(32)23-31(33)29-21-26(15-11-7-3)18-27(22-29)16-12-8-4/h17-22H,5-16,23H2,1-4H3. The minimum atomic E-state index is -0.0508. The van der Waals surface area contributed by atoms with Crippen molar-refractivity contribution in [3.63, 3.8) is 0 Å². The summed E-state index contributed by atoms with van der Waals surface area (Å²) in [6.07, 6.45) is 12.9. The van der Waals surface area contributed by atoms with Crippen molar-refractivity contribution in [3.8, 4) is 0 Å². The molecule has 0 heterocycles. The first kappa shape index (κ1) is 27.0. The van der Waals surface area contributed by atoms with Gasteiger partial charge in [-0.25, -0.2) is 0 Å². The van der Waals surface area contributed by atoms with Gasteiger partial charge in [0.1, 0.15) is 0 Å². The van der Waals surface area contributed by atoms with Gasteiger partial charge in [-0.05, 0) is 97.9 Å². The molecule has 0 aliphatic carbocycles. The highest BCUT2D eigenvalue weighted by molar-refractivity contribution is 6.13. The van der Waals surface area contributed by atoms with Gasteiger partial charge in [0.15, 0.2) is 11.6 Å². The number of aryl methyl sites for hydroxylation is 4. The molecule has 0 amide bonds. The van der Waals surface area contributed by atoms with Gasteiger partial charge < -0.3 is 0 Å². The fourth-order valence-corrected chi connectivity index (χ4v) is 4.30. The summed E-state index contributed by atoms with van der Waals surface area (Å²) in [4.78, 5) is 26.3. The molecule has 0 aliphatic heterocycles. The molecule has 0 saturated carbocycles. The second kappa shape index (κ2) is 14.8. The molecule has 2 nitrogen and oxygen atoms in total. The van der Waals surface area contributed by atoms with Crippen LogP contribution in [0.5, 0.6) is 0 Å². The van der Waals surface area contributed by atoms with E-state index in [0.29, 0.717) is 11.1 Å². The van der Waals surface area contributed by atoms with E-state index in [2.05, 4.69) is 39.8 Å². The van der Waals surface area contributed by atoms with Crippen molar-refractivity contribution >= 4 is 11.6 Å². The summed E-state index contributed by atoms with van der Waals surface area (Å²) < 4.78 is 0. The van der Waals surface area contributed by atoms with Crippen LogP contribution in [0.4, 0.5) is 0 Å². The molecule has 0 N–H and O–H groups in total. The Balaban J connectivity index is 2.23. The quantitative estimate of drug-likeness (QED) is 0.190. The number of ketones is 2. The highest BCUT2D eigenvalue weighted by Crippen LogP contribution is 2.20. The Morgan fingerprint density at radius 2 is 0.758 bits per heavy atom. The van der Waals surface area contributed by atoms with Crippen molar-refractivity contribution in [1.29, 1.82) is 0 Å². The van der Waals surface area contributed by atoms with Gasteiger partial charge in [0, 0.05) is 11.1 Å². The molecule has 0 saturated heterocycles. The van der Waals surface area contributed by atoms with Crippen LogP contribution in [0.3, 0.4) is 0 Å². The van der Waals surface area contributed by atoms with Gasteiger partial charge in [0.05, 0.1) is 6.42 Å². The molecule has 2 aromatic carbocycles. The monoisotopic (exact) mass is 448 g/mol. The van der Waals surface area contributed by atoms with Crippen LogP contribution >= 0.6 is 0 Å². The van der Waals surface area contributed by atoms with Gasteiger partial charge in [-0.2, -0.15) is 0 Å². The number of carbonyl (C=O) groups excluding carboxylic acids is 2.